The van der Waals surface area contributed by atoms with Crippen LogP contribution in [0.15, 0.2) is 57.8 Å². The van der Waals surface area contributed by atoms with E-state index in [9.17, 15) is 9.59 Å². The smallest absolute Gasteiger partial charge is 0.407 e. The summed E-state index contributed by atoms with van der Waals surface area (Å²) in [7, 11) is 0. The second-order valence-electron chi connectivity index (χ2n) is 6.42. The van der Waals surface area contributed by atoms with E-state index in [2.05, 4.69) is 24.3 Å². The van der Waals surface area contributed by atoms with Crippen LogP contribution in [-0.4, -0.2) is 10.5 Å². The lowest BCUT2D eigenvalue weighted by Gasteiger charge is -2.11. The molecule has 4 aliphatic carbocycles. The van der Waals surface area contributed by atoms with Crippen molar-refractivity contribution in [3.05, 3.63) is 81.4 Å². The maximum absolute atomic E-state index is 12.4. The Kier molecular flexibility index (Phi) is 3.88. The maximum atomic E-state index is 12.4. The molecule has 0 spiro atoms. The van der Waals surface area contributed by atoms with Crippen molar-refractivity contribution < 1.29 is 9.21 Å². The van der Waals surface area contributed by atoms with Crippen LogP contribution in [0.3, 0.4) is 0 Å². The minimum Gasteiger partial charge on any atom is -0.407 e. The zero-order valence-corrected chi connectivity index (χ0v) is 14.1. The first-order valence-corrected chi connectivity index (χ1v) is 8.58. The van der Waals surface area contributed by atoms with E-state index in [1.165, 1.54) is 21.8 Å². The number of carbonyl (C=O) groups is 1. The summed E-state index contributed by atoms with van der Waals surface area (Å²) in [5.41, 5.74) is 5.61. The SMILES string of the molecule is C/C=C/C(=O)n1c(=O)oc2c3ccc(c21)CCc1ccc(cc1)CC3. The van der Waals surface area contributed by atoms with E-state index in [1.807, 2.05) is 12.1 Å². The molecule has 0 saturated carbocycles. The van der Waals surface area contributed by atoms with E-state index in [1.54, 1.807) is 13.0 Å². The van der Waals surface area contributed by atoms with Gasteiger partial charge in [0.1, 0.15) is 5.52 Å². The van der Waals surface area contributed by atoms with Gasteiger partial charge in [-0.25, -0.2) is 9.36 Å². The van der Waals surface area contributed by atoms with Crippen molar-refractivity contribution in [2.24, 2.45) is 0 Å². The molecule has 126 valence electrons. The molecule has 1 heterocycles. The van der Waals surface area contributed by atoms with Crippen LogP contribution >= 0.6 is 0 Å². The average Bonchev–Trinajstić information content (AvgIpc) is 2.95. The van der Waals surface area contributed by atoms with Crippen molar-refractivity contribution in [1.29, 1.82) is 0 Å². The number of oxazole rings is 1. The summed E-state index contributed by atoms with van der Waals surface area (Å²) in [5, 5.41) is 0. The fourth-order valence-electron chi connectivity index (χ4n) is 3.48. The third kappa shape index (κ3) is 2.74. The van der Waals surface area contributed by atoms with E-state index < -0.39 is 5.76 Å². The summed E-state index contributed by atoms with van der Waals surface area (Å²) < 4.78 is 6.68. The van der Waals surface area contributed by atoms with Gasteiger partial charge in [-0.1, -0.05) is 42.5 Å². The molecule has 2 aromatic carbocycles. The molecule has 0 fully saturated rings. The van der Waals surface area contributed by atoms with Crippen molar-refractivity contribution >= 4 is 17.0 Å². The summed E-state index contributed by atoms with van der Waals surface area (Å²) >= 11 is 0. The number of hydrogen-bond donors (Lipinski definition) is 0. The Bertz CT molecular complexity index is 1040. The molecule has 0 unspecified atom stereocenters. The predicted molar refractivity (Wildman–Crippen MR) is 97.2 cm³/mol. The molecule has 1 aromatic heterocycles. The third-order valence-corrected chi connectivity index (χ3v) is 4.81. The normalized spacial score (nSPS) is 14.1. The first-order valence-electron chi connectivity index (χ1n) is 8.58. The predicted octanol–water partition coefficient (Wildman–Crippen LogP) is 3.69. The van der Waals surface area contributed by atoms with Crippen molar-refractivity contribution in [3.63, 3.8) is 0 Å². The number of aryl methyl sites for hydroxylation is 4. The van der Waals surface area contributed by atoms with Gasteiger partial charge in [-0.05, 0) is 60.9 Å². The van der Waals surface area contributed by atoms with Crippen LogP contribution < -0.4 is 5.76 Å². The zero-order valence-electron chi connectivity index (χ0n) is 14.1. The highest BCUT2D eigenvalue weighted by Gasteiger charge is 2.20. The molecule has 4 aliphatic rings. The number of nitrogens with zero attached hydrogens (tertiary/aromatic N) is 1. The van der Waals surface area contributed by atoms with Gasteiger partial charge in [-0.2, -0.15) is 0 Å². The fraction of sp³-hybridized carbons (Fsp3) is 0.238. The lowest BCUT2D eigenvalue weighted by atomic mass is 9.95. The van der Waals surface area contributed by atoms with E-state index in [0.29, 0.717) is 11.1 Å². The van der Waals surface area contributed by atoms with Crippen LogP contribution in [0, 0.1) is 0 Å². The van der Waals surface area contributed by atoms with E-state index >= 15 is 0 Å². The van der Waals surface area contributed by atoms with Crippen LogP contribution in [0.25, 0.3) is 11.1 Å². The topological polar surface area (TPSA) is 52.2 Å². The molecule has 0 radical (unpaired) electrons. The van der Waals surface area contributed by atoms with Gasteiger partial charge in [0.2, 0.25) is 0 Å². The van der Waals surface area contributed by atoms with Crippen molar-refractivity contribution in [2.75, 3.05) is 0 Å². The molecule has 25 heavy (non-hydrogen) atoms. The molecule has 0 saturated heterocycles. The van der Waals surface area contributed by atoms with Gasteiger partial charge in [0, 0.05) is 0 Å². The molecule has 4 bridgehead atoms. The quantitative estimate of drug-likeness (QED) is 0.638. The number of rotatable bonds is 1. The summed E-state index contributed by atoms with van der Waals surface area (Å²) in [4.78, 5) is 24.8. The summed E-state index contributed by atoms with van der Waals surface area (Å²) in [5.74, 6) is -0.971. The largest absolute Gasteiger partial charge is 0.427 e. The first-order chi connectivity index (χ1) is 12.2. The minimum absolute atomic E-state index is 0.361. The Hall–Kier alpha value is -2.88. The monoisotopic (exact) mass is 333 g/mol. The van der Waals surface area contributed by atoms with E-state index in [4.69, 9.17) is 4.42 Å². The van der Waals surface area contributed by atoms with Crippen LogP contribution in [0.5, 0.6) is 0 Å². The molecule has 0 amide bonds. The lowest BCUT2D eigenvalue weighted by molar-refractivity contribution is 0.0965. The number of aromatic nitrogens is 1. The Morgan fingerprint density at radius 3 is 2.20 bits per heavy atom. The Labute approximate surface area is 145 Å². The molecular weight excluding hydrogens is 314 g/mol. The maximum Gasteiger partial charge on any atom is 0.427 e. The van der Waals surface area contributed by atoms with E-state index in [-0.39, 0.29) is 5.91 Å². The Morgan fingerprint density at radius 1 is 0.960 bits per heavy atom. The molecule has 3 aromatic rings. The molecule has 0 N–H and O–H groups in total. The fourth-order valence-corrected chi connectivity index (χ4v) is 3.48. The van der Waals surface area contributed by atoms with Crippen LogP contribution in [0.2, 0.25) is 0 Å². The standard InChI is InChI=1S/C21H19NO3/c1-2-3-18(23)22-19-16-10-8-14-4-6-15(7-5-14)9-11-17(13-12-16)20(19)25-21(22)24/h2-7,12-13H,8-11H2,1H3/b3-2+. The van der Waals surface area contributed by atoms with Gasteiger partial charge in [0.15, 0.2) is 5.58 Å². The lowest BCUT2D eigenvalue weighted by Crippen LogP contribution is -2.21. The zero-order chi connectivity index (χ0) is 17.4. The number of carbonyl (C=O) groups excluding carboxylic acids is 1. The summed E-state index contributed by atoms with van der Waals surface area (Å²) in [6.07, 6.45) is 6.27. The van der Waals surface area contributed by atoms with Crippen LogP contribution in [-0.2, 0) is 25.7 Å². The van der Waals surface area contributed by atoms with Gasteiger partial charge in [-0.3, -0.25) is 4.79 Å². The average molecular weight is 333 g/mol. The highest BCUT2D eigenvalue weighted by Crippen LogP contribution is 2.26. The summed E-state index contributed by atoms with van der Waals surface area (Å²) in [6, 6.07) is 12.7. The molecule has 0 atom stereocenters. The van der Waals surface area contributed by atoms with Crippen molar-refractivity contribution in [1.82, 2.24) is 4.57 Å². The Balaban J connectivity index is 1.95. The highest BCUT2D eigenvalue weighted by molar-refractivity contribution is 5.97. The van der Waals surface area contributed by atoms with Gasteiger partial charge < -0.3 is 4.42 Å². The first kappa shape index (κ1) is 15.6. The molecular formula is C21H19NO3. The van der Waals surface area contributed by atoms with Crippen LogP contribution in [0.4, 0.5) is 0 Å². The second-order valence-corrected chi connectivity index (χ2v) is 6.42. The highest BCUT2D eigenvalue weighted by atomic mass is 16.4. The second kappa shape index (κ2) is 6.20. The third-order valence-electron chi connectivity index (χ3n) is 4.81. The van der Waals surface area contributed by atoms with Gasteiger partial charge in [0.25, 0.3) is 5.91 Å². The van der Waals surface area contributed by atoms with Gasteiger partial charge >= 0.3 is 5.76 Å². The van der Waals surface area contributed by atoms with Crippen molar-refractivity contribution in [2.45, 2.75) is 32.6 Å². The molecule has 0 aliphatic heterocycles. The number of hydrogen-bond acceptors (Lipinski definition) is 3. The minimum atomic E-state index is -0.610. The van der Waals surface area contributed by atoms with Gasteiger partial charge in [0.05, 0.1) is 0 Å². The number of benzene rings is 2. The van der Waals surface area contributed by atoms with E-state index in [0.717, 1.165) is 36.8 Å². The summed E-state index contributed by atoms with van der Waals surface area (Å²) in [6.45, 7) is 1.76. The van der Waals surface area contributed by atoms with Gasteiger partial charge in [-0.15, -0.1) is 0 Å². The van der Waals surface area contributed by atoms with Crippen LogP contribution in [0.1, 0.15) is 34.0 Å². The Morgan fingerprint density at radius 2 is 1.56 bits per heavy atom. The number of allylic oxidation sites excluding steroid dienone is 2. The molecule has 4 nitrogen and oxygen atoms in total. The molecule has 4 heteroatoms. The van der Waals surface area contributed by atoms with Crippen molar-refractivity contribution in [3.8, 4) is 0 Å². The molecule has 7 rings (SSSR count).